The van der Waals surface area contributed by atoms with E-state index in [1.54, 1.807) is 17.0 Å². The highest BCUT2D eigenvalue weighted by molar-refractivity contribution is 6.23. The largest absolute Gasteiger partial charge is 0.444 e. The zero-order valence-electron chi connectivity index (χ0n) is 24.6. The number of carbonyl (C=O) groups excluding carboxylic acids is 5. The summed E-state index contributed by atoms with van der Waals surface area (Å²) in [7, 11) is 0. The molecule has 5 amide bonds. The number of hydrogen-bond acceptors (Lipinski definition) is 9. The highest BCUT2D eigenvalue weighted by Gasteiger charge is 2.44. The van der Waals surface area contributed by atoms with Crippen LogP contribution in [0.15, 0.2) is 30.4 Å². The van der Waals surface area contributed by atoms with Crippen molar-refractivity contribution in [1.29, 1.82) is 0 Å². The summed E-state index contributed by atoms with van der Waals surface area (Å²) in [5, 5.41) is 2.23. The minimum absolute atomic E-state index is 0.0986. The van der Waals surface area contributed by atoms with Crippen molar-refractivity contribution >= 4 is 35.4 Å². The molecule has 1 aromatic carbocycles. The Morgan fingerprint density at radius 2 is 1.48 bits per heavy atom. The van der Waals surface area contributed by atoms with Gasteiger partial charge in [-0.1, -0.05) is 12.2 Å². The molecule has 0 radical (unpaired) electrons. The van der Waals surface area contributed by atoms with E-state index in [9.17, 15) is 24.0 Å². The molecule has 12 heteroatoms. The molecule has 4 heterocycles. The molecule has 0 bridgehead atoms. The average molecular weight is 581 g/mol. The van der Waals surface area contributed by atoms with Crippen LogP contribution in [0.1, 0.15) is 54.3 Å². The second-order valence-electron chi connectivity index (χ2n) is 12.2. The molecule has 4 aliphatic heterocycles. The van der Waals surface area contributed by atoms with Crippen LogP contribution in [0.3, 0.4) is 0 Å². The van der Waals surface area contributed by atoms with E-state index in [2.05, 4.69) is 32.2 Å². The summed E-state index contributed by atoms with van der Waals surface area (Å²) in [4.78, 5) is 71.9. The third-order valence-corrected chi connectivity index (χ3v) is 8.08. The van der Waals surface area contributed by atoms with Crippen LogP contribution in [-0.4, -0.2) is 126 Å². The number of imide groups is 2. The molecule has 42 heavy (non-hydrogen) atoms. The number of anilines is 1. The zero-order valence-corrected chi connectivity index (χ0v) is 24.6. The van der Waals surface area contributed by atoms with Crippen molar-refractivity contribution in [3.8, 4) is 0 Å². The quantitative estimate of drug-likeness (QED) is 0.392. The van der Waals surface area contributed by atoms with Gasteiger partial charge in [0.05, 0.1) is 11.1 Å². The Hall–Kier alpha value is -3.77. The van der Waals surface area contributed by atoms with Crippen LogP contribution in [0, 0.1) is 0 Å². The van der Waals surface area contributed by atoms with Crippen molar-refractivity contribution in [3.05, 3.63) is 41.5 Å². The second-order valence-corrected chi connectivity index (χ2v) is 12.2. The Morgan fingerprint density at radius 3 is 2.07 bits per heavy atom. The fourth-order valence-electron chi connectivity index (χ4n) is 5.73. The molecule has 1 N–H and O–H groups in total. The molecular formula is C30H40N6O6. The Kier molecular flexibility index (Phi) is 8.65. The first kappa shape index (κ1) is 29.7. The Bertz CT molecular complexity index is 1270. The van der Waals surface area contributed by atoms with E-state index in [0.717, 1.165) is 62.9 Å². The minimum atomic E-state index is -0.961. The lowest BCUT2D eigenvalue weighted by Crippen LogP contribution is -2.54. The van der Waals surface area contributed by atoms with Gasteiger partial charge < -0.3 is 14.5 Å². The number of amides is 5. The first-order valence-corrected chi connectivity index (χ1v) is 14.7. The molecule has 0 aliphatic carbocycles. The van der Waals surface area contributed by atoms with Gasteiger partial charge in [0.1, 0.15) is 11.6 Å². The third kappa shape index (κ3) is 6.65. The van der Waals surface area contributed by atoms with Crippen molar-refractivity contribution in [2.24, 2.45) is 0 Å². The summed E-state index contributed by atoms with van der Waals surface area (Å²) >= 11 is 0. The molecule has 1 unspecified atom stereocenters. The average Bonchev–Trinajstić information content (AvgIpc) is 3.20. The van der Waals surface area contributed by atoms with Crippen molar-refractivity contribution in [1.82, 2.24) is 24.9 Å². The molecule has 0 spiro atoms. The van der Waals surface area contributed by atoms with E-state index in [0.29, 0.717) is 24.2 Å². The molecule has 1 atom stereocenters. The number of hydrogen-bond donors (Lipinski definition) is 1. The van der Waals surface area contributed by atoms with Crippen LogP contribution in [-0.2, 0) is 14.3 Å². The Morgan fingerprint density at radius 1 is 0.881 bits per heavy atom. The van der Waals surface area contributed by atoms with E-state index in [1.807, 2.05) is 26.8 Å². The predicted octanol–water partition coefficient (Wildman–Crippen LogP) is 1.32. The number of nitrogens with zero attached hydrogens (tertiary/aromatic N) is 5. The maximum Gasteiger partial charge on any atom is 0.410 e. The first-order valence-electron chi connectivity index (χ1n) is 14.7. The van der Waals surface area contributed by atoms with E-state index >= 15 is 0 Å². The second kappa shape index (κ2) is 12.2. The summed E-state index contributed by atoms with van der Waals surface area (Å²) in [5.74, 6) is -1.97. The van der Waals surface area contributed by atoms with Gasteiger partial charge in [-0.2, -0.15) is 0 Å². The van der Waals surface area contributed by atoms with E-state index < -0.39 is 29.4 Å². The van der Waals surface area contributed by atoms with Gasteiger partial charge in [0.15, 0.2) is 0 Å². The Labute approximate surface area is 246 Å². The Balaban J connectivity index is 1.06. The van der Waals surface area contributed by atoms with Crippen LogP contribution in [0.25, 0.3) is 0 Å². The normalized spacial score (nSPS) is 22.6. The lowest BCUT2D eigenvalue weighted by Gasteiger charge is -2.36. The fourth-order valence-corrected chi connectivity index (χ4v) is 5.73. The highest BCUT2D eigenvalue weighted by atomic mass is 16.6. The lowest BCUT2D eigenvalue weighted by atomic mass is 10.0. The van der Waals surface area contributed by atoms with Gasteiger partial charge in [-0.15, -0.1) is 0 Å². The third-order valence-electron chi connectivity index (χ3n) is 8.08. The van der Waals surface area contributed by atoms with Gasteiger partial charge in [0.25, 0.3) is 11.8 Å². The van der Waals surface area contributed by atoms with Gasteiger partial charge in [-0.25, -0.2) is 4.79 Å². The number of piperidine rings is 1. The smallest absolute Gasteiger partial charge is 0.410 e. The molecule has 3 fully saturated rings. The predicted molar refractivity (Wildman–Crippen MR) is 155 cm³/mol. The zero-order chi connectivity index (χ0) is 30.0. The van der Waals surface area contributed by atoms with Crippen LogP contribution in [0.2, 0.25) is 0 Å². The molecule has 3 saturated heterocycles. The number of benzene rings is 1. The van der Waals surface area contributed by atoms with Gasteiger partial charge in [-0.05, 0) is 45.4 Å². The standard InChI is InChI=1S/C30H40N6O6/c1-30(2,3)42-29(41)35-18-14-33(15-19-35)11-5-4-10-32-12-16-34(17-13-32)21-6-7-22-23(20-21)28(40)36(27(22)39)24-8-9-25(37)31-26(24)38/h4-7,20,24H,8-19H2,1-3H3,(H,31,37,38)/b5-4+. The molecular weight excluding hydrogens is 540 g/mol. The van der Waals surface area contributed by atoms with Crippen LogP contribution < -0.4 is 10.2 Å². The molecule has 1 aromatic rings. The number of carbonyl (C=O) groups is 5. The molecule has 0 saturated carbocycles. The molecule has 4 aliphatic rings. The lowest BCUT2D eigenvalue weighted by molar-refractivity contribution is -0.136. The molecule has 12 nitrogen and oxygen atoms in total. The summed E-state index contributed by atoms with van der Waals surface area (Å²) < 4.78 is 5.47. The number of rotatable bonds is 6. The summed E-state index contributed by atoms with van der Waals surface area (Å²) in [6.07, 6.45) is 4.38. The number of ether oxygens (including phenoxy) is 1. The summed E-state index contributed by atoms with van der Waals surface area (Å²) in [6.45, 7) is 13.6. The number of piperazine rings is 2. The van der Waals surface area contributed by atoms with Crippen LogP contribution >= 0.6 is 0 Å². The monoisotopic (exact) mass is 580 g/mol. The van der Waals surface area contributed by atoms with Crippen molar-refractivity contribution in [3.63, 3.8) is 0 Å². The molecule has 5 rings (SSSR count). The van der Waals surface area contributed by atoms with Gasteiger partial charge in [-0.3, -0.25) is 39.2 Å². The van der Waals surface area contributed by atoms with Crippen LogP contribution in [0.4, 0.5) is 10.5 Å². The van der Waals surface area contributed by atoms with E-state index in [-0.39, 0.29) is 24.8 Å². The van der Waals surface area contributed by atoms with Crippen molar-refractivity contribution in [2.45, 2.75) is 45.3 Å². The number of nitrogens with one attached hydrogen (secondary N) is 1. The fraction of sp³-hybridized carbons (Fsp3) is 0.567. The van der Waals surface area contributed by atoms with Gasteiger partial charge in [0.2, 0.25) is 11.8 Å². The molecule has 226 valence electrons. The van der Waals surface area contributed by atoms with Gasteiger partial charge >= 0.3 is 6.09 Å². The van der Waals surface area contributed by atoms with Crippen molar-refractivity contribution < 1.29 is 28.7 Å². The first-order chi connectivity index (χ1) is 20.0. The summed E-state index contributed by atoms with van der Waals surface area (Å²) in [6, 6.07) is 4.31. The van der Waals surface area contributed by atoms with Crippen molar-refractivity contribution in [2.75, 3.05) is 70.3 Å². The van der Waals surface area contributed by atoms with Gasteiger partial charge in [0, 0.05) is 77.6 Å². The van der Waals surface area contributed by atoms with E-state index in [4.69, 9.17) is 4.74 Å². The topological polar surface area (TPSA) is 123 Å². The SMILES string of the molecule is CC(C)(C)OC(=O)N1CCN(C/C=C/CN2CCN(c3ccc4c(c3)C(=O)N(C3CCC(=O)NC3=O)C4=O)CC2)CC1. The minimum Gasteiger partial charge on any atom is -0.444 e. The maximum absolute atomic E-state index is 13.2. The molecule has 0 aromatic heterocycles. The van der Waals surface area contributed by atoms with Crippen LogP contribution in [0.5, 0.6) is 0 Å². The maximum atomic E-state index is 13.2. The highest BCUT2D eigenvalue weighted by Crippen LogP contribution is 2.31. The number of fused-ring (bicyclic) bond motifs is 1. The summed E-state index contributed by atoms with van der Waals surface area (Å²) in [5.41, 5.74) is 0.994. The van der Waals surface area contributed by atoms with E-state index in [1.165, 1.54) is 0 Å².